The number of rotatable bonds is 2. The molecule has 2 N–H and O–H groups in total. The molecule has 88 valence electrons. The SMILES string of the molecule is Cc1csc(NC(=O)Nc2ccccc2Cl)n1. The molecule has 2 rings (SSSR count). The first-order valence-electron chi connectivity index (χ1n) is 4.90. The average Bonchev–Trinajstić information content (AvgIpc) is 2.67. The Morgan fingerprint density at radius 3 is 2.76 bits per heavy atom. The van der Waals surface area contributed by atoms with Crippen LogP contribution in [-0.4, -0.2) is 11.0 Å². The number of aromatic nitrogens is 1. The van der Waals surface area contributed by atoms with Gasteiger partial charge in [-0.2, -0.15) is 0 Å². The van der Waals surface area contributed by atoms with Crippen LogP contribution in [0.2, 0.25) is 5.02 Å². The van der Waals surface area contributed by atoms with Gasteiger partial charge in [0.15, 0.2) is 5.13 Å². The zero-order valence-corrected chi connectivity index (χ0v) is 10.6. The molecule has 1 heterocycles. The number of carbonyl (C=O) groups excluding carboxylic acids is 1. The van der Waals surface area contributed by atoms with Gasteiger partial charge in [-0.05, 0) is 19.1 Å². The summed E-state index contributed by atoms with van der Waals surface area (Å²) in [4.78, 5) is 15.8. The Kier molecular flexibility index (Phi) is 3.61. The highest BCUT2D eigenvalue weighted by Crippen LogP contribution is 2.21. The van der Waals surface area contributed by atoms with Crippen molar-refractivity contribution in [3.8, 4) is 0 Å². The highest BCUT2D eigenvalue weighted by molar-refractivity contribution is 7.13. The molecule has 0 bridgehead atoms. The van der Waals surface area contributed by atoms with E-state index in [2.05, 4.69) is 15.6 Å². The minimum Gasteiger partial charge on any atom is -0.306 e. The van der Waals surface area contributed by atoms with Crippen molar-refractivity contribution in [2.75, 3.05) is 10.6 Å². The summed E-state index contributed by atoms with van der Waals surface area (Å²) in [5, 5.41) is 8.22. The van der Waals surface area contributed by atoms with Crippen molar-refractivity contribution in [1.82, 2.24) is 4.98 Å². The Labute approximate surface area is 108 Å². The molecule has 1 aromatic heterocycles. The number of halogens is 1. The summed E-state index contributed by atoms with van der Waals surface area (Å²) >= 11 is 7.30. The Morgan fingerprint density at radius 1 is 1.35 bits per heavy atom. The number of para-hydroxylation sites is 1. The maximum Gasteiger partial charge on any atom is 0.325 e. The molecule has 0 spiro atoms. The second-order valence-corrected chi connectivity index (χ2v) is 4.62. The summed E-state index contributed by atoms with van der Waals surface area (Å²) in [5.74, 6) is 0. The van der Waals surface area contributed by atoms with Gasteiger partial charge >= 0.3 is 6.03 Å². The van der Waals surface area contributed by atoms with Gasteiger partial charge in [0.05, 0.1) is 16.4 Å². The van der Waals surface area contributed by atoms with Gasteiger partial charge in [0, 0.05) is 5.38 Å². The van der Waals surface area contributed by atoms with Gasteiger partial charge < -0.3 is 5.32 Å². The number of carbonyl (C=O) groups is 1. The van der Waals surface area contributed by atoms with E-state index in [1.807, 2.05) is 12.3 Å². The molecule has 0 aliphatic rings. The molecule has 2 aromatic rings. The summed E-state index contributed by atoms with van der Waals surface area (Å²) in [6.07, 6.45) is 0. The summed E-state index contributed by atoms with van der Waals surface area (Å²) in [6, 6.07) is 6.69. The average molecular weight is 268 g/mol. The summed E-state index contributed by atoms with van der Waals surface area (Å²) < 4.78 is 0. The lowest BCUT2D eigenvalue weighted by Crippen LogP contribution is -2.19. The highest BCUT2D eigenvalue weighted by atomic mass is 35.5. The first kappa shape index (κ1) is 11.9. The van der Waals surface area contributed by atoms with Crippen LogP contribution in [0.3, 0.4) is 0 Å². The van der Waals surface area contributed by atoms with Gasteiger partial charge in [-0.15, -0.1) is 11.3 Å². The number of nitrogens with zero attached hydrogens (tertiary/aromatic N) is 1. The molecule has 0 unspecified atom stereocenters. The summed E-state index contributed by atoms with van der Waals surface area (Å²) in [5.41, 5.74) is 1.45. The van der Waals surface area contributed by atoms with Gasteiger partial charge in [-0.25, -0.2) is 9.78 Å². The van der Waals surface area contributed by atoms with Crippen molar-refractivity contribution >= 4 is 39.8 Å². The van der Waals surface area contributed by atoms with Gasteiger partial charge in [0.2, 0.25) is 0 Å². The number of urea groups is 1. The number of nitrogens with one attached hydrogen (secondary N) is 2. The third-order valence-electron chi connectivity index (χ3n) is 1.96. The maximum absolute atomic E-state index is 11.6. The Balaban J connectivity index is 2.01. The highest BCUT2D eigenvalue weighted by Gasteiger charge is 2.06. The molecule has 2 amide bonds. The molecule has 0 radical (unpaired) electrons. The second kappa shape index (κ2) is 5.16. The number of benzene rings is 1. The van der Waals surface area contributed by atoms with Crippen molar-refractivity contribution in [2.45, 2.75) is 6.92 Å². The molecule has 0 aliphatic heterocycles. The van der Waals surface area contributed by atoms with E-state index in [0.717, 1.165) is 5.69 Å². The number of hydrogen-bond donors (Lipinski definition) is 2. The first-order chi connectivity index (χ1) is 8.15. The molecule has 0 fully saturated rings. The van der Waals surface area contributed by atoms with Crippen molar-refractivity contribution in [2.24, 2.45) is 0 Å². The van der Waals surface area contributed by atoms with E-state index in [-0.39, 0.29) is 6.03 Å². The number of amides is 2. The molecule has 17 heavy (non-hydrogen) atoms. The lowest BCUT2D eigenvalue weighted by atomic mass is 10.3. The molecule has 0 saturated carbocycles. The Hall–Kier alpha value is -1.59. The lowest BCUT2D eigenvalue weighted by Gasteiger charge is -2.06. The minimum absolute atomic E-state index is 0.354. The van der Waals surface area contributed by atoms with E-state index < -0.39 is 0 Å². The zero-order valence-electron chi connectivity index (χ0n) is 9.03. The quantitative estimate of drug-likeness (QED) is 0.871. The zero-order chi connectivity index (χ0) is 12.3. The van der Waals surface area contributed by atoms with E-state index >= 15 is 0 Å². The molecule has 0 saturated heterocycles. The smallest absolute Gasteiger partial charge is 0.306 e. The fraction of sp³-hybridized carbons (Fsp3) is 0.0909. The first-order valence-corrected chi connectivity index (χ1v) is 6.15. The van der Waals surface area contributed by atoms with Crippen LogP contribution in [0, 0.1) is 6.92 Å². The topological polar surface area (TPSA) is 54.0 Å². The van der Waals surface area contributed by atoms with Gasteiger partial charge in [-0.3, -0.25) is 5.32 Å². The second-order valence-electron chi connectivity index (χ2n) is 3.35. The molecular weight excluding hydrogens is 258 g/mol. The van der Waals surface area contributed by atoms with Crippen molar-refractivity contribution < 1.29 is 4.79 Å². The van der Waals surface area contributed by atoms with Crippen LogP contribution in [0.5, 0.6) is 0 Å². The lowest BCUT2D eigenvalue weighted by molar-refractivity contribution is 0.262. The summed E-state index contributed by atoms with van der Waals surface area (Å²) in [6.45, 7) is 1.87. The molecular formula is C11H10ClN3OS. The Morgan fingerprint density at radius 2 is 2.12 bits per heavy atom. The van der Waals surface area contributed by atoms with Crippen molar-refractivity contribution in [3.63, 3.8) is 0 Å². The largest absolute Gasteiger partial charge is 0.325 e. The Bertz CT molecular complexity index is 541. The molecule has 6 heteroatoms. The van der Waals surface area contributed by atoms with Crippen molar-refractivity contribution in [1.29, 1.82) is 0 Å². The van der Waals surface area contributed by atoms with Crippen molar-refractivity contribution in [3.05, 3.63) is 40.4 Å². The van der Waals surface area contributed by atoms with Crippen LogP contribution in [0.15, 0.2) is 29.6 Å². The number of anilines is 2. The standard InChI is InChI=1S/C11H10ClN3OS/c1-7-6-17-11(13-7)15-10(16)14-9-5-3-2-4-8(9)12/h2-6H,1H3,(H2,13,14,15,16). The predicted octanol–water partition coefficient (Wildman–Crippen LogP) is 3.75. The fourth-order valence-corrected chi connectivity index (χ4v) is 2.09. The predicted molar refractivity (Wildman–Crippen MR) is 70.9 cm³/mol. The van der Waals surface area contributed by atoms with E-state index in [4.69, 9.17) is 11.6 Å². The number of aryl methyl sites for hydroxylation is 1. The molecule has 1 aromatic carbocycles. The third kappa shape index (κ3) is 3.18. The minimum atomic E-state index is -0.354. The van der Waals surface area contributed by atoms with Gasteiger partial charge in [-0.1, -0.05) is 23.7 Å². The monoisotopic (exact) mass is 267 g/mol. The van der Waals surface area contributed by atoms with Crippen LogP contribution in [0.25, 0.3) is 0 Å². The molecule has 4 nitrogen and oxygen atoms in total. The van der Waals surface area contributed by atoms with E-state index in [1.165, 1.54) is 11.3 Å². The van der Waals surface area contributed by atoms with Crippen LogP contribution < -0.4 is 10.6 Å². The maximum atomic E-state index is 11.6. The van der Waals surface area contributed by atoms with Crippen LogP contribution in [0.4, 0.5) is 15.6 Å². The third-order valence-corrected chi connectivity index (χ3v) is 3.17. The summed E-state index contributed by atoms with van der Waals surface area (Å²) in [7, 11) is 0. The molecule has 0 atom stereocenters. The van der Waals surface area contributed by atoms with Crippen LogP contribution >= 0.6 is 22.9 Å². The van der Waals surface area contributed by atoms with E-state index in [1.54, 1.807) is 24.3 Å². The number of hydrogen-bond acceptors (Lipinski definition) is 3. The molecule has 0 aliphatic carbocycles. The van der Waals surface area contributed by atoms with E-state index in [9.17, 15) is 4.79 Å². The number of thiazole rings is 1. The van der Waals surface area contributed by atoms with Crippen LogP contribution in [-0.2, 0) is 0 Å². The normalized spacial score (nSPS) is 10.0. The van der Waals surface area contributed by atoms with Crippen LogP contribution in [0.1, 0.15) is 5.69 Å². The van der Waals surface area contributed by atoms with Gasteiger partial charge in [0.25, 0.3) is 0 Å². The fourth-order valence-electron chi connectivity index (χ4n) is 1.22. The van der Waals surface area contributed by atoms with Gasteiger partial charge in [0.1, 0.15) is 0 Å². The van der Waals surface area contributed by atoms with E-state index in [0.29, 0.717) is 15.8 Å².